The largest absolute Gasteiger partial charge is 0.369 e. The maximum Gasteiger partial charge on any atom is 0.230 e. The van der Waals surface area contributed by atoms with Crippen LogP contribution in [0.15, 0.2) is 48.5 Å². The summed E-state index contributed by atoms with van der Waals surface area (Å²) in [5.41, 5.74) is 2.11. The second-order valence-corrected chi connectivity index (χ2v) is 9.39. The molecule has 1 saturated heterocycles. The van der Waals surface area contributed by atoms with Crippen LogP contribution in [0.5, 0.6) is 0 Å². The molecule has 6 heteroatoms. The fraction of sp³-hybridized carbons (Fsp3) is 0.517. The van der Waals surface area contributed by atoms with Crippen LogP contribution in [-0.4, -0.2) is 42.9 Å². The monoisotopic (exact) mass is 481 g/mol. The lowest BCUT2D eigenvalue weighted by atomic mass is 9.79. The number of anilines is 2. The van der Waals surface area contributed by atoms with Crippen molar-refractivity contribution in [3.63, 3.8) is 0 Å². The molecule has 190 valence electrons. The van der Waals surface area contributed by atoms with Crippen LogP contribution in [0, 0.1) is 17.7 Å². The zero-order valence-electron chi connectivity index (χ0n) is 21.6. The van der Waals surface area contributed by atoms with Gasteiger partial charge in [-0.05, 0) is 69.2 Å². The minimum Gasteiger partial charge on any atom is -0.369 e. The molecule has 0 aromatic heterocycles. The lowest BCUT2D eigenvalue weighted by Crippen LogP contribution is -2.42. The summed E-state index contributed by atoms with van der Waals surface area (Å²) in [5.74, 6) is -0.233. The van der Waals surface area contributed by atoms with Crippen LogP contribution >= 0.6 is 0 Å². The lowest BCUT2D eigenvalue weighted by molar-refractivity contribution is -0.134. The van der Waals surface area contributed by atoms with Gasteiger partial charge in [-0.2, -0.15) is 0 Å². The molecule has 5 nitrogen and oxygen atoms in total. The van der Waals surface area contributed by atoms with Gasteiger partial charge in [0.2, 0.25) is 11.8 Å². The van der Waals surface area contributed by atoms with E-state index in [1.54, 1.807) is 12.1 Å². The molecular formula is C29H40FN3O2. The molecule has 0 bridgehead atoms. The molecule has 2 aromatic rings. The molecular weight excluding hydrogens is 441 g/mol. The standard InChI is InChI=1S/C29H40FN3O2/c1-5-21(6-2)28(34)31-24-14-15-26(25(30)20-24)33-18-16-23(17-19-33)27(22-12-10-9-11-13-22)29(35)32(7-3)8-4/h9-15,20-21,23,27H,5-8,16-19H2,1-4H3,(H,31,34)/t27-/m1/s1. The van der Waals surface area contributed by atoms with Gasteiger partial charge < -0.3 is 15.1 Å². The first-order valence-electron chi connectivity index (χ1n) is 13.1. The molecule has 0 saturated carbocycles. The van der Waals surface area contributed by atoms with Gasteiger partial charge in [-0.1, -0.05) is 44.2 Å². The van der Waals surface area contributed by atoms with Crippen LogP contribution in [0.3, 0.4) is 0 Å². The smallest absolute Gasteiger partial charge is 0.230 e. The first-order chi connectivity index (χ1) is 16.9. The summed E-state index contributed by atoms with van der Waals surface area (Å²) in [5, 5.41) is 2.85. The highest BCUT2D eigenvalue weighted by molar-refractivity contribution is 5.92. The van der Waals surface area contributed by atoms with Gasteiger partial charge >= 0.3 is 0 Å². The molecule has 0 unspecified atom stereocenters. The van der Waals surface area contributed by atoms with E-state index in [0.717, 1.165) is 31.2 Å². The number of piperidine rings is 1. The van der Waals surface area contributed by atoms with E-state index in [9.17, 15) is 9.59 Å². The number of carbonyl (C=O) groups excluding carboxylic acids is 2. The number of rotatable bonds is 10. The second-order valence-electron chi connectivity index (χ2n) is 9.39. The van der Waals surface area contributed by atoms with Crippen molar-refractivity contribution in [2.24, 2.45) is 11.8 Å². The molecule has 2 amide bonds. The molecule has 1 aliphatic heterocycles. The van der Waals surface area contributed by atoms with E-state index in [2.05, 4.69) is 10.2 Å². The van der Waals surface area contributed by atoms with Crippen molar-refractivity contribution in [3.05, 3.63) is 59.9 Å². The minimum absolute atomic E-state index is 0.0617. The Labute approximate surface area is 209 Å². The number of hydrogen-bond acceptors (Lipinski definition) is 3. The van der Waals surface area contributed by atoms with E-state index < -0.39 is 0 Å². The highest BCUT2D eigenvalue weighted by Gasteiger charge is 2.35. The number of nitrogens with zero attached hydrogens (tertiary/aromatic N) is 2. The Balaban J connectivity index is 1.71. The van der Waals surface area contributed by atoms with Crippen molar-refractivity contribution in [2.75, 3.05) is 36.4 Å². The van der Waals surface area contributed by atoms with E-state index in [1.165, 1.54) is 6.07 Å². The van der Waals surface area contributed by atoms with E-state index >= 15 is 4.39 Å². The normalized spacial score (nSPS) is 15.2. The molecule has 0 radical (unpaired) electrons. The summed E-state index contributed by atoms with van der Waals surface area (Å²) >= 11 is 0. The van der Waals surface area contributed by atoms with Crippen molar-refractivity contribution in [1.82, 2.24) is 4.90 Å². The zero-order chi connectivity index (χ0) is 25.4. The van der Waals surface area contributed by atoms with Crippen molar-refractivity contribution in [2.45, 2.75) is 59.3 Å². The topological polar surface area (TPSA) is 52.7 Å². The number of likely N-dealkylation sites (N-methyl/N-ethyl adjacent to an activating group) is 1. The number of amides is 2. The Morgan fingerprint density at radius 3 is 2.17 bits per heavy atom. The number of hydrogen-bond donors (Lipinski definition) is 1. The molecule has 2 aromatic carbocycles. The molecule has 1 atom stereocenters. The van der Waals surface area contributed by atoms with E-state index in [0.29, 0.717) is 37.6 Å². The maximum absolute atomic E-state index is 15.0. The predicted octanol–water partition coefficient (Wildman–Crippen LogP) is 6.07. The van der Waals surface area contributed by atoms with E-state index in [1.807, 2.05) is 62.9 Å². The quantitative estimate of drug-likeness (QED) is 0.448. The maximum atomic E-state index is 15.0. The number of benzene rings is 2. The van der Waals surface area contributed by atoms with Crippen LogP contribution in [-0.2, 0) is 9.59 Å². The Morgan fingerprint density at radius 1 is 1.00 bits per heavy atom. The average molecular weight is 482 g/mol. The summed E-state index contributed by atoms with van der Waals surface area (Å²) in [6.07, 6.45) is 3.16. The van der Waals surface area contributed by atoms with Gasteiger partial charge in [0.05, 0.1) is 11.6 Å². The predicted molar refractivity (Wildman–Crippen MR) is 141 cm³/mol. The van der Waals surface area contributed by atoms with Crippen LogP contribution in [0.1, 0.15) is 64.9 Å². The third-order valence-electron chi connectivity index (χ3n) is 7.42. The number of nitrogens with one attached hydrogen (secondary N) is 1. The highest BCUT2D eigenvalue weighted by atomic mass is 19.1. The van der Waals surface area contributed by atoms with Gasteiger partial charge in [0.25, 0.3) is 0 Å². The Morgan fingerprint density at radius 2 is 1.63 bits per heavy atom. The number of halogens is 1. The SMILES string of the molecule is CCC(CC)C(=O)Nc1ccc(N2CCC([C@H](C(=O)N(CC)CC)c3ccccc3)CC2)c(F)c1. The Hall–Kier alpha value is -2.89. The van der Waals surface area contributed by atoms with Crippen LogP contribution in [0.25, 0.3) is 0 Å². The van der Waals surface area contributed by atoms with E-state index in [-0.39, 0.29) is 35.4 Å². The first-order valence-corrected chi connectivity index (χ1v) is 13.1. The zero-order valence-corrected chi connectivity index (χ0v) is 21.6. The van der Waals surface area contributed by atoms with Crippen molar-refractivity contribution >= 4 is 23.2 Å². The third-order valence-corrected chi connectivity index (χ3v) is 7.42. The third kappa shape index (κ3) is 6.41. The summed E-state index contributed by atoms with van der Waals surface area (Å²) in [6, 6.07) is 15.0. The fourth-order valence-corrected chi connectivity index (χ4v) is 5.23. The minimum atomic E-state index is -0.329. The molecule has 1 fully saturated rings. The average Bonchev–Trinajstić information content (AvgIpc) is 2.87. The summed E-state index contributed by atoms with van der Waals surface area (Å²) < 4.78 is 15.0. The van der Waals surface area contributed by atoms with Crippen LogP contribution < -0.4 is 10.2 Å². The lowest BCUT2D eigenvalue weighted by Gasteiger charge is -2.38. The van der Waals surface area contributed by atoms with Crippen molar-refractivity contribution in [3.8, 4) is 0 Å². The fourth-order valence-electron chi connectivity index (χ4n) is 5.23. The number of carbonyl (C=O) groups is 2. The van der Waals surface area contributed by atoms with Crippen LogP contribution in [0.2, 0.25) is 0 Å². The molecule has 35 heavy (non-hydrogen) atoms. The van der Waals surface area contributed by atoms with Gasteiger partial charge in [0.1, 0.15) is 5.82 Å². The Bertz CT molecular complexity index is 965. The molecule has 1 N–H and O–H groups in total. The van der Waals surface area contributed by atoms with Gasteiger partial charge in [-0.15, -0.1) is 0 Å². The van der Waals surface area contributed by atoms with Gasteiger partial charge in [0, 0.05) is 37.8 Å². The van der Waals surface area contributed by atoms with Crippen LogP contribution in [0.4, 0.5) is 15.8 Å². The molecule has 3 rings (SSSR count). The van der Waals surface area contributed by atoms with Gasteiger partial charge in [0.15, 0.2) is 0 Å². The highest BCUT2D eigenvalue weighted by Crippen LogP contribution is 2.36. The summed E-state index contributed by atoms with van der Waals surface area (Å²) in [7, 11) is 0. The molecule has 1 aliphatic rings. The van der Waals surface area contributed by atoms with Gasteiger partial charge in [-0.3, -0.25) is 9.59 Å². The summed E-state index contributed by atoms with van der Waals surface area (Å²) in [6.45, 7) is 10.8. The first kappa shape index (κ1) is 26.7. The van der Waals surface area contributed by atoms with Crippen molar-refractivity contribution in [1.29, 1.82) is 0 Å². The van der Waals surface area contributed by atoms with Crippen molar-refractivity contribution < 1.29 is 14.0 Å². The molecule has 1 heterocycles. The molecule has 0 spiro atoms. The van der Waals surface area contributed by atoms with E-state index in [4.69, 9.17) is 0 Å². The van der Waals surface area contributed by atoms with Gasteiger partial charge in [-0.25, -0.2) is 4.39 Å². The Kier molecular flexibility index (Phi) is 9.70. The molecule has 0 aliphatic carbocycles. The summed E-state index contributed by atoms with van der Waals surface area (Å²) in [4.78, 5) is 29.8. The second kappa shape index (κ2) is 12.7.